The Bertz CT molecular complexity index is 415. The van der Waals surface area contributed by atoms with Crippen LogP contribution in [0.1, 0.15) is 119 Å². The fourth-order valence-electron chi connectivity index (χ4n) is 1.91. The average molecular weight is 425 g/mol. The van der Waals surface area contributed by atoms with E-state index >= 15 is 0 Å². The minimum absolute atomic E-state index is 0.167. The van der Waals surface area contributed by atoms with Gasteiger partial charge >= 0.3 is 5.97 Å². The van der Waals surface area contributed by atoms with E-state index in [0.29, 0.717) is 6.61 Å². The molecule has 0 aliphatic rings. The lowest BCUT2D eigenvalue weighted by molar-refractivity contribution is -0.140. The third-order valence-electron chi connectivity index (χ3n) is 3.45. The van der Waals surface area contributed by atoms with Gasteiger partial charge in [-0.15, -0.1) is 0 Å². The van der Waals surface area contributed by atoms with Crippen molar-refractivity contribution in [3.05, 3.63) is 35.9 Å². The van der Waals surface area contributed by atoms with Crippen molar-refractivity contribution in [3.8, 4) is 0 Å². The molecule has 1 aromatic rings. The van der Waals surface area contributed by atoms with E-state index in [0.717, 1.165) is 0 Å². The van der Waals surface area contributed by atoms with E-state index < -0.39 is 0 Å². The molecule has 1 rings (SSSR count). The lowest BCUT2D eigenvalue weighted by Crippen LogP contribution is -1.95. The zero-order chi connectivity index (χ0) is 24.0. The van der Waals surface area contributed by atoms with Gasteiger partial charge < -0.3 is 9.53 Å². The summed E-state index contributed by atoms with van der Waals surface area (Å²) >= 11 is 0. The van der Waals surface area contributed by atoms with E-state index in [2.05, 4.69) is 51.5 Å². The van der Waals surface area contributed by atoms with Crippen LogP contribution in [0.2, 0.25) is 0 Å². The number of carbonyl (C=O) groups excluding carboxylic acids is 2. The molecule has 3 heteroatoms. The number of ether oxygens (including phenoxy) is 1. The van der Waals surface area contributed by atoms with Crippen LogP contribution in [-0.4, -0.2) is 18.4 Å². The maximum absolute atomic E-state index is 9.82. The molecule has 3 nitrogen and oxygen atoms in total. The lowest BCUT2D eigenvalue weighted by Gasteiger charge is -1.90. The van der Waals surface area contributed by atoms with Gasteiger partial charge in [-0.1, -0.05) is 121 Å². The number of rotatable bonds is 8. The predicted molar refractivity (Wildman–Crippen MR) is 134 cm³/mol. The molecule has 0 bridgehead atoms. The predicted octanol–water partition coefficient (Wildman–Crippen LogP) is 8.72. The number of unbranched alkanes of at least 4 members (excludes halogenated alkanes) is 7. The number of hydrogen-bond donors (Lipinski definition) is 0. The molecule has 0 heterocycles. The molecule has 178 valence electrons. The molecular weight excluding hydrogens is 372 g/mol. The Kier molecular flexibility index (Phi) is 41.5. The highest BCUT2D eigenvalue weighted by Crippen LogP contribution is 2.00. The average Bonchev–Trinajstić information content (AvgIpc) is 2.68. The summed E-state index contributed by atoms with van der Waals surface area (Å²) in [4.78, 5) is 19.3. The van der Waals surface area contributed by atoms with E-state index in [4.69, 9.17) is 0 Å². The van der Waals surface area contributed by atoms with Crippen molar-refractivity contribution >= 4 is 11.8 Å². The normalized spacial score (nSPS) is 8.43. The molecule has 0 unspecified atom stereocenters. The number of ketones is 1. The van der Waals surface area contributed by atoms with Gasteiger partial charge in [0.15, 0.2) is 0 Å². The second-order valence-corrected chi connectivity index (χ2v) is 7.26. The Morgan fingerprint density at radius 2 is 1.00 bits per heavy atom. The molecule has 0 fully saturated rings. The smallest absolute Gasteiger partial charge is 0.302 e. The van der Waals surface area contributed by atoms with Crippen LogP contribution >= 0.6 is 0 Å². The van der Waals surface area contributed by atoms with Gasteiger partial charge in [-0.05, 0) is 27.7 Å². The molecule has 0 radical (unpaired) electrons. The van der Waals surface area contributed by atoms with Gasteiger partial charge in [-0.25, -0.2) is 0 Å². The lowest BCUT2D eigenvalue weighted by atomic mass is 10.2. The first-order valence-corrected chi connectivity index (χ1v) is 11.8. The Labute approximate surface area is 189 Å². The van der Waals surface area contributed by atoms with E-state index in [1.165, 1.54) is 84.1 Å². The van der Waals surface area contributed by atoms with Crippen molar-refractivity contribution in [2.45, 2.75) is 120 Å². The summed E-state index contributed by atoms with van der Waals surface area (Å²) in [6.45, 7) is 17.7. The van der Waals surface area contributed by atoms with Crippen LogP contribution in [0.25, 0.3) is 0 Å². The number of hydrogen-bond acceptors (Lipinski definition) is 3. The second-order valence-electron chi connectivity index (χ2n) is 7.26. The molecule has 0 saturated carbocycles. The van der Waals surface area contributed by atoms with Crippen LogP contribution in [0.3, 0.4) is 0 Å². The van der Waals surface area contributed by atoms with Crippen LogP contribution in [-0.2, 0) is 14.3 Å². The molecular formula is C27H52O3. The number of esters is 1. The SMILES string of the molecule is CC(C)=O.CCCCCC.CCCCCCC.CCOC(C)=O.Cc1ccccc1. The first kappa shape index (κ1) is 35.8. The van der Waals surface area contributed by atoms with Crippen molar-refractivity contribution in [1.82, 2.24) is 0 Å². The molecule has 30 heavy (non-hydrogen) atoms. The summed E-state index contributed by atoms with van der Waals surface area (Å²) < 4.78 is 4.40. The van der Waals surface area contributed by atoms with E-state index in [1.807, 2.05) is 18.2 Å². The minimum Gasteiger partial charge on any atom is -0.466 e. The quantitative estimate of drug-likeness (QED) is 0.309. The van der Waals surface area contributed by atoms with Crippen molar-refractivity contribution in [1.29, 1.82) is 0 Å². The Morgan fingerprint density at radius 1 is 0.667 bits per heavy atom. The zero-order valence-electron chi connectivity index (χ0n) is 21.7. The van der Waals surface area contributed by atoms with Crippen molar-refractivity contribution in [2.24, 2.45) is 0 Å². The third-order valence-corrected chi connectivity index (χ3v) is 3.45. The van der Waals surface area contributed by atoms with Crippen LogP contribution in [0, 0.1) is 6.92 Å². The van der Waals surface area contributed by atoms with E-state index in [9.17, 15) is 9.59 Å². The van der Waals surface area contributed by atoms with Gasteiger partial charge in [0.25, 0.3) is 0 Å². The first-order valence-electron chi connectivity index (χ1n) is 11.8. The van der Waals surface area contributed by atoms with Crippen LogP contribution in [0.15, 0.2) is 30.3 Å². The maximum atomic E-state index is 9.82. The van der Waals surface area contributed by atoms with Gasteiger partial charge in [-0.3, -0.25) is 4.79 Å². The maximum Gasteiger partial charge on any atom is 0.302 e. The van der Waals surface area contributed by atoms with Gasteiger partial charge in [0.1, 0.15) is 5.78 Å². The number of carbonyl (C=O) groups is 2. The van der Waals surface area contributed by atoms with Crippen LogP contribution in [0.4, 0.5) is 0 Å². The zero-order valence-corrected chi connectivity index (χ0v) is 21.7. The third kappa shape index (κ3) is 63.3. The van der Waals surface area contributed by atoms with E-state index in [-0.39, 0.29) is 11.8 Å². The molecule has 0 atom stereocenters. The van der Waals surface area contributed by atoms with Crippen LogP contribution in [0.5, 0.6) is 0 Å². The van der Waals surface area contributed by atoms with E-state index in [1.54, 1.807) is 6.92 Å². The van der Waals surface area contributed by atoms with Gasteiger partial charge in [-0.2, -0.15) is 0 Å². The molecule has 0 aromatic heterocycles. The number of benzene rings is 1. The monoisotopic (exact) mass is 424 g/mol. The standard InChI is InChI=1S/C7H8.C7H16.C6H14.C4H8O2.C3H6O/c1-7-5-3-2-4-6-7;1-3-5-7-6-4-2;1-3-5-6-4-2;1-3-6-4(2)5;1-3(2)4/h2-6H,1H3;3-7H2,1-2H3;3-6H2,1-2H3;3H2,1-2H3;1-2H3. The first-order chi connectivity index (χ1) is 14.2. The number of aryl methyl sites for hydroxylation is 1. The highest BCUT2D eigenvalue weighted by atomic mass is 16.5. The Balaban J connectivity index is -0.000000143. The summed E-state index contributed by atoms with van der Waals surface area (Å²) in [6, 6.07) is 10.3. The highest BCUT2D eigenvalue weighted by molar-refractivity contribution is 5.72. The summed E-state index contributed by atoms with van der Waals surface area (Å²) in [6.07, 6.45) is 12.5. The molecule has 0 aliphatic heterocycles. The van der Waals surface area contributed by atoms with Crippen LogP contribution < -0.4 is 0 Å². The molecule has 0 N–H and O–H groups in total. The largest absolute Gasteiger partial charge is 0.466 e. The van der Waals surface area contributed by atoms with Crippen molar-refractivity contribution in [3.63, 3.8) is 0 Å². The fourth-order valence-corrected chi connectivity index (χ4v) is 1.91. The fraction of sp³-hybridized carbons (Fsp3) is 0.704. The summed E-state index contributed by atoms with van der Waals surface area (Å²) in [5.74, 6) is -0.0440. The summed E-state index contributed by atoms with van der Waals surface area (Å²) in [7, 11) is 0. The van der Waals surface area contributed by atoms with Gasteiger partial charge in [0.2, 0.25) is 0 Å². The van der Waals surface area contributed by atoms with Gasteiger partial charge in [0.05, 0.1) is 6.61 Å². The molecule has 1 aromatic carbocycles. The second kappa shape index (κ2) is 34.8. The Morgan fingerprint density at radius 3 is 1.17 bits per heavy atom. The minimum atomic E-state index is -0.211. The topological polar surface area (TPSA) is 43.4 Å². The van der Waals surface area contributed by atoms with Gasteiger partial charge in [0, 0.05) is 6.92 Å². The van der Waals surface area contributed by atoms with Crippen molar-refractivity contribution in [2.75, 3.05) is 6.61 Å². The van der Waals surface area contributed by atoms with Crippen molar-refractivity contribution < 1.29 is 14.3 Å². The molecule has 0 spiro atoms. The highest BCUT2D eigenvalue weighted by Gasteiger charge is 1.82. The molecule has 0 aliphatic carbocycles. The molecule has 0 saturated heterocycles. The number of Topliss-reactive ketones (excluding diaryl/α,β-unsaturated/α-hetero) is 1. The summed E-state index contributed by atoms with van der Waals surface area (Å²) in [5.41, 5.74) is 1.32. The molecule has 0 amide bonds. The Hall–Kier alpha value is -1.64. The summed E-state index contributed by atoms with van der Waals surface area (Å²) in [5, 5.41) is 0.